The number of anilines is 1. The van der Waals surface area contributed by atoms with Crippen molar-refractivity contribution in [3.63, 3.8) is 0 Å². The van der Waals surface area contributed by atoms with Crippen molar-refractivity contribution in [3.05, 3.63) is 65.4 Å². The fourth-order valence-corrected chi connectivity index (χ4v) is 4.70. The van der Waals surface area contributed by atoms with Gasteiger partial charge in [-0.3, -0.25) is 4.79 Å². The van der Waals surface area contributed by atoms with Gasteiger partial charge in [0.05, 0.1) is 26.5 Å². The number of rotatable bonds is 5. The van der Waals surface area contributed by atoms with Crippen LogP contribution in [-0.2, 0) is 13.0 Å². The second-order valence-electron chi connectivity index (χ2n) is 8.37. The normalized spacial score (nSPS) is 15.3. The van der Waals surface area contributed by atoms with Crippen LogP contribution in [0, 0.1) is 0 Å². The van der Waals surface area contributed by atoms with Crippen LogP contribution >= 0.6 is 0 Å². The Morgan fingerprint density at radius 2 is 1.58 bits per heavy atom. The molecule has 2 aliphatic heterocycles. The Bertz CT molecular complexity index is 1140. The molecule has 0 unspecified atom stereocenters. The smallest absolute Gasteiger partial charge is 0.261 e. The van der Waals surface area contributed by atoms with Crippen LogP contribution in [0.1, 0.15) is 34.5 Å². The summed E-state index contributed by atoms with van der Waals surface area (Å²) in [6.07, 6.45) is 2.99. The average Bonchev–Trinajstić information content (AvgIpc) is 3.42. The maximum Gasteiger partial charge on any atom is 0.261 e. The first kappa shape index (κ1) is 21.2. The molecule has 3 heterocycles. The van der Waals surface area contributed by atoms with Gasteiger partial charge in [0.15, 0.2) is 5.82 Å². The number of fused-ring (bicyclic) bond motifs is 1. The predicted molar refractivity (Wildman–Crippen MR) is 127 cm³/mol. The molecule has 7 nitrogen and oxygen atoms in total. The predicted octanol–water partition coefficient (Wildman–Crippen LogP) is 3.96. The van der Waals surface area contributed by atoms with E-state index in [4.69, 9.17) is 19.4 Å². The zero-order valence-electron chi connectivity index (χ0n) is 19.1. The molecule has 3 aromatic rings. The van der Waals surface area contributed by atoms with Crippen molar-refractivity contribution < 1.29 is 14.3 Å². The number of methoxy groups -OCH3 is 2. The molecule has 170 valence electrons. The highest BCUT2D eigenvalue weighted by atomic mass is 16.5. The molecule has 1 saturated heterocycles. The molecular formula is C26H28N4O3. The van der Waals surface area contributed by atoms with Gasteiger partial charge >= 0.3 is 0 Å². The number of hydrogen-bond acceptors (Lipinski definition) is 6. The molecule has 0 aliphatic carbocycles. The molecule has 2 aromatic carbocycles. The monoisotopic (exact) mass is 444 g/mol. The first-order chi connectivity index (χ1) is 16.2. The first-order valence-electron chi connectivity index (χ1n) is 11.4. The molecule has 0 radical (unpaired) electrons. The molecule has 33 heavy (non-hydrogen) atoms. The number of benzene rings is 2. The van der Waals surface area contributed by atoms with E-state index < -0.39 is 0 Å². The minimum atomic E-state index is -0.102. The Labute approximate surface area is 194 Å². The van der Waals surface area contributed by atoms with Gasteiger partial charge < -0.3 is 19.3 Å². The van der Waals surface area contributed by atoms with Crippen LogP contribution in [-0.4, -0.2) is 54.6 Å². The van der Waals surface area contributed by atoms with Crippen molar-refractivity contribution in [2.24, 2.45) is 0 Å². The fourth-order valence-electron chi connectivity index (χ4n) is 4.70. The van der Waals surface area contributed by atoms with E-state index in [-0.39, 0.29) is 5.91 Å². The van der Waals surface area contributed by atoms with Crippen LogP contribution in [0.2, 0.25) is 0 Å². The molecular weight excluding hydrogens is 416 g/mol. The quantitative estimate of drug-likeness (QED) is 0.593. The summed E-state index contributed by atoms with van der Waals surface area (Å²) >= 11 is 0. The third-order valence-corrected chi connectivity index (χ3v) is 6.40. The van der Waals surface area contributed by atoms with E-state index in [0.29, 0.717) is 36.6 Å². The summed E-state index contributed by atoms with van der Waals surface area (Å²) in [5.74, 6) is 2.64. The summed E-state index contributed by atoms with van der Waals surface area (Å²) in [7, 11) is 3.14. The Kier molecular flexibility index (Phi) is 5.86. The maximum atomic E-state index is 13.6. The SMILES string of the molecule is COc1cccc(OC)c1C(=O)N1CCc2nc(-c3ccccc3)nc(N3CCCC3)c2C1. The molecule has 0 spiro atoms. The highest BCUT2D eigenvalue weighted by molar-refractivity contribution is 6.00. The lowest BCUT2D eigenvalue weighted by atomic mass is 10.0. The second-order valence-corrected chi connectivity index (χ2v) is 8.37. The van der Waals surface area contributed by atoms with E-state index in [0.717, 1.165) is 54.4 Å². The molecule has 0 bridgehead atoms. The van der Waals surface area contributed by atoms with E-state index in [1.165, 1.54) is 0 Å². The Morgan fingerprint density at radius 3 is 2.24 bits per heavy atom. The van der Waals surface area contributed by atoms with Crippen molar-refractivity contribution >= 4 is 11.7 Å². The highest BCUT2D eigenvalue weighted by Crippen LogP contribution is 2.34. The molecule has 1 aromatic heterocycles. The summed E-state index contributed by atoms with van der Waals surface area (Å²) in [5, 5.41) is 0. The second kappa shape index (κ2) is 9.10. The lowest BCUT2D eigenvalue weighted by molar-refractivity contribution is 0.0726. The lowest BCUT2D eigenvalue weighted by Gasteiger charge is -2.32. The van der Waals surface area contributed by atoms with Gasteiger partial charge in [-0.05, 0) is 25.0 Å². The van der Waals surface area contributed by atoms with E-state index in [1.54, 1.807) is 26.4 Å². The Morgan fingerprint density at radius 1 is 0.879 bits per heavy atom. The van der Waals surface area contributed by atoms with E-state index in [1.807, 2.05) is 41.3 Å². The number of amides is 1. The van der Waals surface area contributed by atoms with Crippen LogP contribution in [0.5, 0.6) is 11.5 Å². The van der Waals surface area contributed by atoms with Gasteiger partial charge in [0, 0.05) is 37.2 Å². The van der Waals surface area contributed by atoms with E-state index in [2.05, 4.69) is 4.90 Å². The first-order valence-corrected chi connectivity index (χ1v) is 11.4. The van der Waals surface area contributed by atoms with Crippen LogP contribution in [0.3, 0.4) is 0 Å². The molecule has 0 N–H and O–H groups in total. The molecule has 1 amide bonds. The summed E-state index contributed by atoms with van der Waals surface area (Å²) in [4.78, 5) is 27.7. The minimum absolute atomic E-state index is 0.102. The van der Waals surface area contributed by atoms with Crippen LogP contribution < -0.4 is 14.4 Å². The molecule has 7 heteroatoms. The van der Waals surface area contributed by atoms with Crippen LogP contribution in [0.15, 0.2) is 48.5 Å². The van der Waals surface area contributed by atoms with Gasteiger partial charge in [-0.2, -0.15) is 0 Å². The zero-order chi connectivity index (χ0) is 22.8. The van der Waals surface area contributed by atoms with Crippen molar-refractivity contribution in [3.8, 4) is 22.9 Å². The largest absolute Gasteiger partial charge is 0.496 e. The third-order valence-electron chi connectivity index (χ3n) is 6.40. The van der Waals surface area contributed by atoms with Gasteiger partial charge in [-0.1, -0.05) is 36.4 Å². The molecule has 0 atom stereocenters. The third kappa shape index (κ3) is 3.99. The molecule has 1 fully saturated rings. The van der Waals surface area contributed by atoms with Crippen molar-refractivity contribution in [1.29, 1.82) is 0 Å². The van der Waals surface area contributed by atoms with Gasteiger partial charge in [0.25, 0.3) is 5.91 Å². The Balaban J connectivity index is 1.53. The van der Waals surface area contributed by atoms with Gasteiger partial charge in [-0.15, -0.1) is 0 Å². The van der Waals surface area contributed by atoms with Crippen LogP contribution in [0.25, 0.3) is 11.4 Å². The van der Waals surface area contributed by atoms with E-state index >= 15 is 0 Å². The van der Waals surface area contributed by atoms with Gasteiger partial charge in [0.1, 0.15) is 22.9 Å². The molecule has 2 aliphatic rings. The summed E-state index contributed by atoms with van der Waals surface area (Å²) in [6.45, 7) is 3.01. The molecule has 5 rings (SSSR count). The number of carbonyl (C=O) groups excluding carboxylic acids is 1. The lowest BCUT2D eigenvalue weighted by Crippen LogP contribution is -2.38. The van der Waals surface area contributed by atoms with Gasteiger partial charge in [0.2, 0.25) is 0 Å². The van der Waals surface area contributed by atoms with Crippen molar-refractivity contribution in [1.82, 2.24) is 14.9 Å². The topological polar surface area (TPSA) is 67.8 Å². The van der Waals surface area contributed by atoms with Crippen LogP contribution in [0.4, 0.5) is 5.82 Å². The highest BCUT2D eigenvalue weighted by Gasteiger charge is 2.31. The number of carbonyl (C=O) groups is 1. The van der Waals surface area contributed by atoms with Gasteiger partial charge in [-0.25, -0.2) is 9.97 Å². The number of ether oxygens (including phenoxy) is 2. The standard InChI is InChI=1S/C26H28N4O3/c1-32-21-11-8-12-22(33-2)23(21)26(31)30-16-13-20-19(17-30)25(29-14-6-7-15-29)28-24(27-20)18-9-4-3-5-10-18/h3-5,8-12H,6-7,13-17H2,1-2H3. The summed E-state index contributed by atoms with van der Waals surface area (Å²) < 4.78 is 11.0. The van der Waals surface area contributed by atoms with Crippen molar-refractivity contribution in [2.45, 2.75) is 25.8 Å². The maximum absolute atomic E-state index is 13.6. The minimum Gasteiger partial charge on any atom is -0.496 e. The number of nitrogens with zero attached hydrogens (tertiary/aromatic N) is 4. The van der Waals surface area contributed by atoms with E-state index in [9.17, 15) is 4.79 Å². The summed E-state index contributed by atoms with van der Waals surface area (Å²) in [5.41, 5.74) is 3.54. The van der Waals surface area contributed by atoms with Crippen molar-refractivity contribution in [2.75, 3.05) is 38.8 Å². The fraction of sp³-hybridized carbons (Fsp3) is 0.346. The Hall–Kier alpha value is -3.61. The zero-order valence-corrected chi connectivity index (χ0v) is 19.1. The number of hydrogen-bond donors (Lipinski definition) is 0. The number of aromatic nitrogens is 2. The summed E-state index contributed by atoms with van der Waals surface area (Å²) in [6, 6.07) is 15.5. The molecule has 0 saturated carbocycles. The average molecular weight is 445 g/mol.